The Morgan fingerprint density at radius 2 is 1.27 bits per heavy atom. The molecule has 172 valence electrons. The fourth-order valence-electron chi connectivity index (χ4n) is 2.30. The topological polar surface area (TPSA) is 46.5 Å². The molecule has 0 spiro atoms. The first-order valence-electron chi connectivity index (χ1n) is 7.69. The van der Waals surface area contributed by atoms with Crippen molar-refractivity contribution in [1.82, 2.24) is 0 Å². The van der Waals surface area contributed by atoms with Gasteiger partial charge in [0.2, 0.25) is 0 Å². The van der Waals surface area contributed by atoms with Crippen LogP contribution in [0.15, 0.2) is 24.3 Å². The second kappa shape index (κ2) is 7.54. The largest absolute Gasteiger partial charge is 0.460 e. The highest BCUT2D eigenvalue weighted by Gasteiger charge is 2.87. The molecule has 0 saturated heterocycles. The predicted molar refractivity (Wildman–Crippen MR) is 77.8 cm³/mol. The van der Waals surface area contributed by atoms with Crippen molar-refractivity contribution in [3.63, 3.8) is 0 Å². The third-order valence-corrected chi connectivity index (χ3v) is 3.91. The van der Waals surface area contributed by atoms with Gasteiger partial charge in [-0.2, -0.15) is 48.3 Å². The van der Waals surface area contributed by atoms with Gasteiger partial charge in [0, 0.05) is 6.92 Å². The van der Waals surface area contributed by atoms with E-state index in [1.54, 1.807) is 0 Å². The molecule has 0 amide bonds. The SMILES string of the molecule is CC(=O)Oc1ccc(C(C)(O)CC(F)(F)C(F)(F)C(F)(F)C(F)(F)C(F)(F)F)cc1. The van der Waals surface area contributed by atoms with Crippen LogP contribution in [0, 0.1) is 0 Å². The Balaban J connectivity index is 3.27. The van der Waals surface area contributed by atoms with Crippen LogP contribution >= 0.6 is 0 Å². The van der Waals surface area contributed by atoms with Gasteiger partial charge in [-0.15, -0.1) is 0 Å². The molecule has 0 bridgehead atoms. The molecule has 1 aromatic rings. The van der Waals surface area contributed by atoms with Crippen LogP contribution in [-0.4, -0.2) is 40.9 Å². The van der Waals surface area contributed by atoms with Gasteiger partial charge in [-0.3, -0.25) is 4.79 Å². The monoisotopic (exact) mass is 462 g/mol. The van der Waals surface area contributed by atoms with Gasteiger partial charge in [-0.1, -0.05) is 12.1 Å². The van der Waals surface area contributed by atoms with Crippen molar-refractivity contribution in [3.8, 4) is 5.75 Å². The van der Waals surface area contributed by atoms with Crippen molar-refractivity contribution in [3.05, 3.63) is 29.8 Å². The van der Waals surface area contributed by atoms with Crippen LogP contribution in [0.4, 0.5) is 48.3 Å². The molecule has 0 fully saturated rings. The molecule has 0 radical (unpaired) electrons. The Hall–Kier alpha value is -2.12. The Bertz CT molecular complexity index is 768. The number of esters is 1. The zero-order valence-electron chi connectivity index (χ0n) is 14.9. The van der Waals surface area contributed by atoms with Gasteiger partial charge < -0.3 is 9.84 Å². The molecule has 0 aliphatic carbocycles. The van der Waals surface area contributed by atoms with E-state index in [0.29, 0.717) is 6.92 Å². The summed E-state index contributed by atoms with van der Waals surface area (Å²) in [5, 5.41) is 10.0. The minimum atomic E-state index is -7.54. The Morgan fingerprint density at radius 1 is 0.833 bits per heavy atom. The summed E-state index contributed by atoms with van der Waals surface area (Å²) in [7, 11) is 0. The van der Waals surface area contributed by atoms with Gasteiger partial charge in [0.25, 0.3) is 0 Å². The van der Waals surface area contributed by atoms with Gasteiger partial charge >= 0.3 is 35.8 Å². The molecule has 1 N–H and O–H groups in total. The van der Waals surface area contributed by atoms with Crippen LogP contribution in [0.1, 0.15) is 25.8 Å². The summed E-state index contributed by atoms with van der Waals surface area (Å²) < 4.78 is 148. The molecule has 0 aliphatic rings. The number of alkyl halides is 11. The van der Waals surface area contributed by atoms with Crippen molar-refractivity contribution in [1.29, 1.82) is 0 Å². The minimum Gasteiger partial charge on any atom is -0.427 e. The highest BCUT2D eigenvalue weighted by molar-refractivity contribution is 5.69. The molecule has 3 nitrogen and oxygen atoms in total. The van der Waals surface area contributed by atoms with Crippen LogP contribution in [0.25, 0.3) is 0 Å². The van der Waals surface area contributed by atoms with E-state index >= 15 is 0 Å². The van der Waals surface area contributed by atoms with E-state index in [-0.39, 0.29) is 5.75 Å². The van der Waals surface area contributed by atoms with Crippen molar-refractivity contribution in [2.45, 2.75) is 55.7 Å². The summed E-state index contributed by atoms with van der Waals surface area (Å²) in [4.78, 5) is 10.8. The summed E-state index contributed by atoms with van der Waals surface area (Å²) in [6.45, 7) is 1.40. The number of aliphatic hydroxyl groups is 1. The molecule has 14 heteroatoms. The van der Waals surface area contributed by atoms with E-state index < -0.39 is 53.4 Å². The second-order valence-corrected chi connectivity index (χ2v) is 6.49. The maximum Gasteiger partial charge on any atom is 0.460 e. The summed E-state index contributed by atoms with van der Waals surface area (Å²) in [5.41, 5.74) is -3.73. The average Bonchev–Trinajstić information content (AvgIpc) is 2.52. The Morgan fingerprint density at radius 3 is 1.63 bits per heavy atom. The van der Waals surface area contributed by atoms with E-state index in [0.717, 1.165) is 31.2 Å². The van der Waals surface area contributed by atoms with E-state index in [2.05, 4.69) is 4.74 Å². The lowest BCUT2D eigenvalue weighted by atomic mass is 9.85. The van der Waals surface area contributed by atoms with Crippen LogP contribution < -0.4 is 4.74 Å². The molecule has 0 aromatic heterocycles. The summed E-state index contributed by atoms with van der Waals surface area (Å²) in [6.07, 6.45) is -9.91. The Labute approximate surface area is 161 Å². The molecule has 1 aromatic carbocycles. The maximum absolute atomic E-state index is 13.9. The summed E-state index contributed by atoms with van der Waals surface area (Å²) in [5.74, 6) is -29.5. The molecular formula is C16H13F11O3. The number of ether oxygens (including phenoxy) is 1. The molecule has 1 atom stereocenters. The lowest BCUT2D eigenvalue weighted by molar-refractivity contribution is -0.424. The maximum atomic E-state index is 13.9. The molecule has 30 heavy (non-hydrogen) atoms. The standard InChI is InChI=1S/C16H13F11O3/c1-8(28)30-10-5-3-9(4-6-10)11(2,29)7-12(17,18)13(19,20)14(21,22)15(23,24)16(25,26)27/h3-6,29H,7H2,1-2H3. The lowest BCUT2D eigenvalue weighted by Gasteiger charge is -2.39. The zero-order valence-corrected chi connectivity index (χ0v) is 14.9. The first kappa shape index (κ1) is 25.9. The number of benzene rings is 1. The number of rotatable bonds is 7. The number of hydrogen-bond donors (Lipinski definition) is 1. The first-order valence-corrected chi connectivity index (χ1v) is 7.69. The molecule has 1 rings (SSSR count). The van der Waals surface area contributed by atoms with Crippen LogP contribution in [0.3, 0.4) is 0 Å². The summed E-state index contributed by atoms with van der Waals surface area (Å²) >= 11 is 0. The van der Waals surface area contributed by atoms with Gasteiger partial charge in [-0.25, -0.2) is 0 Å². The minimum absolute atomic E-state index is 0.185. The molecule has 1 unspecified atom stereocenters. The van der Waals surface area contributed by atoms with E-state index in [1.165, 1.54) is 0 Å². The highest BCUT2D eigenvalue weighted by atomic mass is 19.4. The van der Waals surface area contributed by atoms with Crippen LogP contribution in [0.5, 0.6) is 5.75 Å². The van der Waals surface area contributed by atoms with Crippen molar-refractivity contribution < 1.29 is 62.9 Å². The van der Waals surface area contributed by atoms with Crippen molar-refractivity contribution >= 4 is 5.97 Å². The first-order chi connectivity index (χ1) is 13.1. The smallest absolute Gasteiger partial charge is 0.427 e. The number of carbonyl (C=O) groups is 1. The van der Waals surface area contributed by atoms with E-state index in [9.17, 15) is 58.2 Å². The summed E-state index contributed by atoms with van der Waals surface area (Å²) in [6, 6.07) is 3.31. The molecule has 0 heterocycles. The molecule has 0 aliphatic heterocycles. The number of halogens is 11. The van der Waals surface area contributed by atoms with E-state index in [1.807, 2.05) is 0 Å². The van der Waals surface area contributed by atoms with Gasteiger partial charge in [0.1, 0.15) is 5.75 Å². The van der Waals surface area contributed by atoms with Crippen LogP contribution in [0.2, 0.25) is 0 Å². The van der Waals surface area contributed by atoms with Gasteiger partial charge in [0.05, 0.1) is 12.0 Å². The number of hydrogen-bond acceptors (Lipinski definition) is 3. The fourth-order valence-corrected chi connectivity index (χ4v) is 2.30. The Kier molecular flexibility index (Phi) is 6.51. The molecular weight excluding hydrogens is 449 g/mol. The quantitative estimate of drug-likeness (QED) is 0.339. The lowest BCUT2D eigenvalue weighted by Crippen LogP contribution is -2.67. The van der Waals surface area contributed by atoms with E-state index in [4.69, 9.17) is 0 Å². The van der Waals surface area contributed by atoms with Crippen molar-refractivity contribution in [2.24, 2.45) is 0 Å². The average molecular weight is 462 g/mol. The van der Waals surface area contributed by atoms with Crippen LogP contribution in [-0.2, 0) is 10.4 Å². The normalized spacial score (nSPS) is 16.2. The molecule has 0 saturated carbocycles. The van der Waals surface area contributed by atoms with Crippen molar-refractivity contribution in [2.75, 3.05) is 0 Å². The number of carbonyl (C=O) groups excluding carboxylic acids is 1. The third-order valence-electron chi connectivity index (χ3n) is 3.91. The second-order valence-electron chi connectivity index (χ2n) is 6.49. The highest BCUT2D eigenvalue weighted by Crippen LogP contribution is 2.59. The third kappa shape index (κ3) is 4.47. The van der Waals surface area contributed by atoms with Gasteiger partial charge in [-0.05, 0) is 24.6 Å². The fraction of sp³-hybridized carbons (Fsp3) is 0.562. The zero-order chi connectivity index (χ0) is 24.0. The van der Waals surface area contributed by atoms with Gasteiger partial charge in [0.15, 0.2) is 0 Å². The predicted octanol–water partition coefficient (Wildman–Crippen LogP) is 5.31.